The minimum atomic E-state index is 0.613. The fourth-order valence-electron chi connectivity index (χ4n) is 2.86. The second kappa shape index (κ2) is 4.48. The van der Waals surface area contributed by atoms with Crippen molar-refractivity contribution in [2.24, 2.45) is 0 Å². The first-order valence-electron chi connectivity index (χ1n) is 6.66. The zero-order valence-electron chi connectivity index (χ0n) is 10.8. The third-order valence-electron chi connectivity index (χ3n) is 3.86. The summed E-state index contributed by atoms with van der Waals surface area (Å²) in [7, 11) is 0. The molecule has 3 nitrogen and oxygen atoms in total. The van der Waals surface area contributed by atoms with E-state index in [2.05, 4.69) is 28.9 Å². The molecule has 0 bridgehead atoms. The number of nitrogens with two attached hydrogens (primary N) is 1. The van der Waals surface area contributed by atoms with Crippen LogP contribution in [0.5, 0.6) is 0 Å². The average molecular weight is 241 g/mol. The van der Waals surface area contributed by atoms with Gasteiger partial charge in [0.2, 0.25) is 0 Å². The van der Waals surface area contributed by atoms with Crippen LogP contribution in [0.25, 0.3) is 10.9 Å². The van der Waals surface area contributed by atoms with E-state index >= 15 is 0 Å². The second-order valence-electron chi connectivity index (χ2n) is 5.14. The number of anilines is 2. The molecule has 0 saturated carbocycles. The first-order valence-corrected chi connectivity index (χ1v) is 6.66. The SMILES string of the molecule is CC1CCCCN1c1ccnc2cc(N)ccc12. The molecule has 2 aromatic rings. The summed E-state index contributed by atoms with van der Waals surface area (Å²) < 4.78 is 0. The van der Waals surface area contributed by atoms with Gasteiger partial charge in [-0.1, -0.05) is 0 Å². The van der Waals surface area contributed by atoms with Crippen LogP contribution >= 0.6 is 0 Å². The maximum atomic E-state index is 5.83. The Morgan fingerprint density at radius 3 is 3.00 bits per heavy atom. The number of pyridine rings is 1. The normalized spacial score (nSPS) is 20.3. The molecule has 1 aliphatic heterocycles. The van der Waals surface area contributed by atoms with Gasteiger partial charge in [-0.3, -0.25) is 4.98 Å². The molecule has 1 aromatic heterocycles. The minimum Gasteiger partial charge on any atom is -0.399 e. The lowest BCUT2D eigenvalue weighted by Crippen LogP contribution is -2.37. The van der Waals surface area contributed by atoms with Crippen LogP contribution in [0.15, 0.2) is 30.5 Å². The zero-order chi connectivity index (χ0) is 12.5. The third-order valence-corrected chi connectivity index (χ3v) is 3.86. The molecule has 1 aromatic carbocycles. The number of nitrogen functional groups attached to an aromatic ring is 1. The number of fused-ring (bicyclic) bond motifs is 1. The van der Waals surface area contributed by atoms with Gasteiger partial charge in [0.25, 0.3) is 0 Å². The molecular weight excluding hydrogens is 222 g/mol. The van der Waals surface area contributed by atoms with Crippen molar-refractivity contribution in [3.63, 3.8) is 0 Å². The number of hydrogen-bond acceptors (Lipinski definition) is 3. The molecule has 0 amide bonds. The van der Waals surface area contributed by atoms with Crippen LogP contribution in [0.3, 0.4) is 0 Å². The molecule has 0 spiro atoms. The van der Waals surface area contributed by atoms with E-state index in [1.807, 2.05) is 18.3 Å². The molecular formula is C15H19N3. The van der Waals surface area contributed by atoms with E-state index in [-0.39, 0.29) is 0 Å². The number of piperidine rings is 1. The molecule has 3 rings (SSSR count). The highest BCUT2D eigenvalue weighted by molar-refractivity contribution is 5.93. The van der Waals surface area contributed by atoms with Crippen LogP contribution in [-0.4, -0.2) is 17.6 Å². The molecule has 1 aliphatic rings. The molecule has 94 valence electrons. The van der Waals surface area contributed by atoms with E-state index in [0.29, 0.717) is 6.04 Å². The second-order valence-corrected chi connectivity index (χ2v) is 5.14. The summed E-state index contributed by atoms with van der Waals surface area (Å²) in [6.45, 7) is 3.45. The Morgan fingerprint density at radius 2 is 2.17 bits per heavy atom. The van der Waals surface area contributed by atoms with Gasteiger partial charge in [-0.05, 0) is 50.5 Å². The van der Waals surface area contributed by atoms with E-state index in [4.69, 9.17) is 5.73 Å². The maximum absolute atomic E-state index is 5.83. The Morgan fingerprint density at radius 1 is 1.28 bits per heavy atom. The Kier molecular flexibility index (Phi) is 2.82. The molecule has 1 atom stereocenters. The lowest BCUT2D eigenvalue weighted by Gasteiger charge is -2.36. The highest BCUT2D eigenvalue weighted by Gasteiger charge is 2.20. The summed E-state index contributed by atoms with van der Waals surface area (Å²) >= 11 is 0. The van der Waals surface area contributed by atoms with E-state index < -0.39 is 0 Å². The summed E-state index contributed by atoms with van der Waals surface area (Å²) in [6, 6.07) is 8.74. The smallest absolute Gasteiger partial charge is 0.0743 e. The predicted molar refractivity (Wildman–Crippen MR) is 76.8 cm³/mol. The molecule has 1 unspecified atom stereocenters. The van der Waals surface area contributed by atoms with Gasteiger partial charge in [0.1, 0.15) is 0 Å². The number of aromatic nitrogens is 1. The van der Waals surface area contributed by atoms with Crippen LogP contribution < -0.4 is 10.6 Å². The van der Waals surface area contributed by atoms with Gasteiger partial charge in [-0.15, -0.1) is 0 Å². The first-order chi connectivity index (χ1) is 8.75. The summed E-state index contributed by atoms with van der Waals surface area (Å²) in [5, 5.41) is 1.21. The van der Waals surface area contributed by atoms with Crippen LogP contribution in [-0.2, 0) is 0 Å². The average Bonchev–Trinajstić information content (AvgIpc) is 2.38. The van der Waals surface area contributed by atoms with Gasteiger partial charge < -0.3 is 10.6 Å². The molecule has 0 aliphatic carbocycles. The Bertz CT molecular complexity index is 565. The highest BCUT2D eigenvalue weighted by Crippen LogP contribution is 2.31. The van der Waals surface area contributed by atoms with Crippen molar-refractivity contribution in [3.05, 3.63) is 30.5 Å². The van der Waals surface area contributed by atoms with Crippen LogP contribution in [0, 0.1) is 0 Å². The summed E-state index contributed by atoms with van der Waals surface area (Å²) in [5.74, 6) is 0. The molecule has 0 radical (unpaired) electrons. The Balaban J connectivity index is 2.10. The summed E-state index contributed by atoms with van der Waals surface area (Å²) in [5.41, 5.74) is 8.89. The lowest BCUT2D eigenvalue weighted by atomic mass is 10.0. The molecule has 1 saturated heterocycles. The van der Waals surface area contributed by atoms with E-state index in [1.54, 1.807) is 0 Å². The predicted octanol–water partition coefficient (Wildman–Crippen LogP) is 3.20. The Hall–Kier alpha value is -1.77. The molecule has 18 heavy (non-hydrogen) atoms. The van der Waals surface area contributed by atoms with Gasteiger partial charge in [0, 0.05) is 35.5 Å². The van der Waals surface area contributed by atoms with Crippen molar-refractivity contribution in [2.45, 2.75) is 32.2 Å². The standard InChI is InChI=1S/C15H19N3/c1-11-4-2-3-9-18(11)15-7-8-17-14-10-12(16)5-6-13(14)15/h5-8,10-11H,2-4,9,16H2,1H3. The first kappa shape index (κ1) is 11.3. The van der Waals surface area contributed by atoms with Crippen molar-refractivity contribution >= 4 is 22.3 Å². The highest BCUT2D eigenvalue weighted by atomic mass is 15.2. The van der Waals surface area contributed by atoms with Crippen molar-refractivity contribution in [3.8, 4) is 0 Å². The van der Waals surface area contributed by atoms with Gasteiger partial charge in [0.15, 0.2) is 0 Å². The van der Waals surface area contributed by atoms with E-state index in [1.165, 1.54) is 30.3 Å². The fraction of sp³-hybridized carbons (Fsp3) is 0.400. The van der Waals surface area contributed by atoms with E-state index in [0.717, 1.165) is 17.7 Å². The lowest BCUT2D eigenvalue weighted by molar-refractivity contribution is 0.486. The van der Waals surface area contributed by atoms with Crippen LogP contribution in [0.4, 0.5) is 11.4 Å². The quantitative estimate of drug-likeness (QED) is 0.780. The summed E-state index contributed by atoms with van der Waals surface area (Å²) in [4.78, 5) is 6.92. The van der Waals surface area contributed by atoms with Crippen LogP contribution in [0.2, 0.25) is 0 Å². The van der Waals surface area contributed by atoms with Gasteiger partial charge >= 0.3 is 0 Å². The minimum absolute atomic E-state index is 0.613. The van der Waals surface area contributed by atoms with E-state index in [9.17, 15) is 0 Å². The largest absolute Gasteiger partial charge is 0.399 e. The molecule has 2 N–H and O–H groups in total. The molecule has 2 heterocycles. The number of rotatable bonds is 1. The van der Waals surface area contributed by atoms with Gasteiger partial charge in [0.05, 0.1) is 5.52 Å². The van der Waals surface area contributed by atoms with Crippen molar-refractivity contribution in [1.29, 1.82) is 0 Å². The maximum Gasteiger partial charge on any atom is 0.0743 e. The van der Waals surface area contributed by atoms with Gasteiger partial charge in [-0.2, -0.15) is 0 Å². The zero-order valence-corrected chi connectivity index (χ0v) is 10.8. The topological polar surface area (TPSA) is 42.2 Å². The van der Waals surface area contributed by atoms with Crippen molar-refractivity contribution in [1.82, 2.24) is 4.98 Å². The third kappa shape index (κ3) is 1.90. The number of benzene rings is 1. The number of hydrogen-bond donors (Lipinski definition) is 1. The fourth-order valence-corrected chi connectivity index (χ4v) is 2.86. The van der Waals surface area contributed by atoms with Gasteiger partial charge in [-0.25, -0.2) is 0 Å². The van der Waals surface area contributed by atoms with Crippen LogP contribution in [0.1, 0.15) is 26.2 Å². The molecule has 3 heteroatoms. The van der Waals surface area contributed by atoms with Crippen molar-refractivity contribution < 1.29 is 0 Å². The molecule has 1 fully saturated rings. The summed E-state index contributed by atoms with van der Waals surface area (Å²) in [6.07, 6.45) is 5.79. The monoisotopic (exact) mass is 241 g/mol. The van der Waals surface area contributed by atoms with Crippen molar-refractivity contribution in [2.75, 3.05) is 17.2 Å². The Labute approximate surface area is 108 Å². The number of nitrogens with zero attached hydrogens (tertiary/aromatic N) is 2.